The molecule has 3 heterocycles. The van der Waals surface area contributed by atoms with Gasteiger partial charge in [0.05, 0.1) is 36.7 Å². The second kappa shape index (κ2) is 11.3. The molecule has 0 unspecified atom stereocenters. The molecular formula is C28H32N8O2. The Kier molecular flexibility index (Phi) is 7.50. The zero-order chi connectivity index (χ0) is 26.5. The highest BCUT2D eigenvalue weighted by molar-refractivity contribution is 5.91. The van der Waals surface area contributed by atoms with Crippen LogP contribution in [-0.2, 0) is 17.7 Å². The monoisotopic (exact) mass is 512 g/mol. The Morgan fingerprint density at radius 2 is 1.95 bits per heavy atom. The van der Waals surface area contributed by atoms with Crippen molar-refractivity contribution in [1.29, 1.82) is 0 Å². The first-order valence-corrected chi connectivity index (χ1v) is 12.7. The predicted molar refractivity (Wildman–Crippen MR) is 149 cm³/mol. The lowest BCUT2D eigenvalue weighted by molar-refractivity contribution is 0.156. The quantitative estimate of drug-likeness (QED) is 0.256. The summed E-state index contributed by atoms with van der Waals surface area (Å²) in [5.41, 5.74) is 5.53. The maximum absolute atomic E-state index is 12.4. The lowest BCUT2D eigenvalue weighted by Gasteiger charge is -2.11. The highest BCUT2D eigenvalue weighted by Gasteiger charge is 2.17. The minimum Gasteiger partial charge on any atom is -0.449 e. The van der Waals surface area contributed by atoms with Gasteiger partial charge in [0, 0.05) is 23.2 Å². The Balaban J connectivity index is 1.35. The molecule has 0 spiro atoms. The van der Waals surface area contributed by atoms with Crippen molar-refractivity contribution in [1.82, 2.24) is 29.3 Å². The van der Waals surface area contributed by atoms with Crippen LogP contribution in [0, 0.1) is 0 Å². The van der Waals surface area contributed by atoms with E-state index in [1.54, 1.807) is 10.7 Å². The van der Waals surface area contributed by atoms with E-state index in [-0.39, 0.29) is 0 Å². The number of amides is 1. The van der Waals surface area contributed by atoms with Gasteiger partial charge in [0.25, 0.3) is 0 Å². The minimum absolute atomic E-state index is 0.357. The molecule has 10 heteroatoms. The van der Waals surface area contributed by atoms with Crippen molar-refractivity contribution >= 4 is 39.7 Å². The van der Waals surface area contributed by atoms with Crippen molar-refractivity contribution < 1.29 is 9.53 Å². The summed E-state index contributed by atoms with van der Waals surface area (Å²) in [4.78, 5) is 19.0. The van der Waals surface area contributed by atoms with Crippen LogP contribution in [0.5, 0.6) is 0 Å². The van der Waals surface area contributed by atoms with E-state index in [9.17, 15) is 4.79 Å². The molecule has 5 rings (SSSR count). The Hall–Kier alpha value is -4.44. The first-order chi connectivity index (χ1) is 18.5. The first kappa shape index (κ1) is 25.2. The summed E-state index contributed by atoms with van der Waals surface area (Å²) in [5.74, 6) is 0.653. The molecule has 0 saturated heterocycles. The predicted octanol–water partition coefficient (Wildman–Crippen LogP) is 4.93. The zero-order valence-corrected chi connectivity index (χ0v) is 21.9. The lowest BCUT2D eigenvalue weighted by atomic mass is 10.2. The summed E-state index contributed by atoms with van der Waals surface area (Å²) >= 11 is 0. The third-order valence-corrected chi connectivity index (χ3v) is 6.33. The SMILES string of the molecule is CCc1c(NC(=O)OCCCN(C)C)cn2ncnc(Nc3ccc4c(cnn4Cc4ccccc4)c3)c12. The molecule has 0 radical (unpaired) electrons. The van der Waals surface area contributed by atoms with Crippen molar-refractivity contribution in [2.75, 3.05) is 37.9 Å². The Bertz CT molecular complexity index is 1540. The van der Waals surface area contributed by atoms with Crippen LogP contribution in [0.3, 0.4) is 0 Å². The number of hydrogen-bond acceptors (Lipinski definition) is 7. The molecule has 2 aromatic carbocycles. The number of anilines is 3. The smallest absolute Gasteiger partial charge is 0.411 e. The number of carbonyl (C=O) groups excluding carboxylic acids is 1. The summed E-state index contributed by atoms with van der Waals surface area (Å²) in [5, 5.41) is 16.3. The summed E-state index contributed by atoms with van der Waals surface area (Å²) in [6.45, 7) is 3.96. The summed E-state index contributed by atoms with van der Waals surface area (Å²) in [7, 11) is 3.98. The van der Waals surface area contributed by atoms with Crippen LogP contribution in [0.25, 0.3) is 16.4 Å². The summed E-state index contributed by atoms with van der Waals surface area (Å²) in [6, 6.07) is 16.4. The second-order valence-corrected chi connectivity index (χ2v) is 9.38. The van der Waals surface area contributed by atoms with Crippen LogP contribution in [0.2, 0.25) is 0 Å². The van der Waals surface area contributed by atoms with Crippen molar-refractivity contribution in [2.45, 2.75) is 26.3 Å². The molecule has 0 saturated carbocycles. The van der Waals surface area contributed by atoms with Gasteiger partial charge in [-0.2, -0.15) is 10.2 Å². The molecule has 0 fully saturated rings. The zero-order valence-electron chi connectivity index (χ0n) is 21.9. The molecule has 1 amide bonds. The Labute approximate surface area is 221 Å². The molecule has 0 bridgehead atoms. The standard InChI is InChI=1S/C28H32N8O2/c1-4-23-24(33-28(37)38-14-8-13-34(2)3)18-36-26(23)27(29-19-31-36)32-22-11-12-25-21(15-22)16-30-35(25)17-20-9-6-5-7-10-20/h5-7,9-12,15-16,18-19H,4,8,13-14,17H2,1-3H3,(H,33,37)(H,29,31,32). The molecule has 3 aromatic heterocycles. The second-order valence-electron chi connectivity index (χ2n) is 9.38. The van der Waals surface area contributed by atoms with E-state index in [1.807, 2.05) is 56.2 Å². The number of aryl methyl sites for hydroxylation is 1. The van der Waals surface area contributed by atoms with E-state index in [0.717, 1.165) is 40.6 Å². The number of rotatable bonds is 10. The molecule has 0 aliphatic carbocycles. The third-order valence-electron chi connectivity index (χ3n) is 6.33. The average molecular weight is 513 g/mol. The van der Waals surface area contributed by atoms with Gasteiger partial charge in [-0.3, -0.25) is 10.00 Å². The summed E-state index contributed by atoms with van der Waals surface area (Å²) in [6.07, 6.45) is 6.14. The highest BCUT2D eigenvalue weighted by atomic mass is 16.5. The van der Waals surface area contributed by atoms with Gasteiger partial charge in [-0.15, -0.1) is 0 Å². The van der Waals surface area contributed by atoms with E-state index in [1.165, 1.54) is 11.9 Å². The number of benzene rings is 2. The Morgan fingerprint density at radius 3 is 2.74 bits per heavy atom. The van der Waals surface area contributed by atoms with Crippen LogP contribution in [-0.4, -0.2) is 62.6 Å². The molecule has 0 atom stereocenters. The van der Waals surface area contributed by atoms with E-state index >= 15 is 0 Å². The fourth-order valence-corrected chi connectivity index (χ4v) is 4.51. The average Bonchev–Trinajstić information content (AvgIpc) is 3.47. The van der Waals surface area contributed by atoms with Gasteiger partial charge in [0.2, 0.25) is 0 Å². The third kappa shape index (κ3) is 5.60. The van der Waals surface area contributed by atoms with Crippen LogP contribution in [0.4, 0.5) is 22.0 Å². The topological polar surface area (TPSA) is 102 Å². The number of aromatic nitrogens is 5. The molecule has 0 aliphatic heterocycles. The van der Waals surface area contributed by atoms with Gasteiger partial charge in [0.1, 0.15) is 11.8 Å². The van der Waals surface area contributed by atoms with Gasteiger partial charge >= 0.3 is 6.09 Å². The van der Waals surface area contributed by atoms with Crippen molar-refractivity contribution in [2.24, 2.45) is 0 Å². The highest BCUT2D eigenvalue weighted by Crippen LogP contribution is 2.30. The van der Waals surface area contributed by atoms with Gasteiger partial charge in [-0.1, -0.05) is 37.3 Å². The summed E-state index contributed by atoms with van der Waals surface area (Å²) < 4.78 is 9.08. The number of fused-ring (bicyclic) bond motifs is 2. The van der Waals surface area contributed by atoms with Gasteiger partial charge in [-0.25, -0.2) is 14.3 Å². The lowest BCUT2D eigenvalue weighted by Crippen LogP contribution is -2.19. The van der Waals surface area contributed by atoms with Crippen LogP contribution < -0.4 is 10.6 Å². The van der Waals surface area contributed by atoms with E-state index in [2.05, 4.69) is 55.0 Å². The maximum Gasteiger partial charge on any atom is 0.411 e. The van der Waals surface area contributed by atoms with Crippen molar-refractivity contribution in [3.63, 3.8) is 0 Å². The molecule has 2 N–H and O–H groups in total. The molecule has 38 heavy (non-hydrogen) atoms. The number of ether oxygens (including phenoxy) is 1. The minimum atomic E-state index is -0.477. The fourth-order valence-electron chi connectivity index (χ4n) is 4.51. The largest absolute Gasteiger partial charge is 0.449 e. The van der Waals surface area contributed by atoms with Crippen LogP contribution >= 0.6 is 0 Å². The first-order valence-electron chi connectivity index (χ1n) is 12.7. The maximum atomic E-state index is 12.4. The molecule has 196 valence electrons. The van der Waals surface area contributed by atoms with E-state index in [4.69, 9.17) is 4.74 Å². The van der Waals surface area contributed by atoms with E-state index < -0.39 is 6.09 Å². The van der Waals surface area contributed by atoms with Crippen molar-refractivity contribution in [3.8, 4) is 0 Å². The fraction of sp³-hybridized carbons (Fsp3) is 0.286. The van der Waals surface area contributed by atoms with Gasteiger partial charge in [-0.05, 0) is 50.7 Å². The molecule has 5 aromatic rings. The number of carbonyl (C=O) groups is 1. The van der Waals surface area contributed by atoms with Crippen LogP contribution in [0.15, 0.2) is 67.3 Å². The molecule has 10 nitrogen and oxygen atoms in total. The number of nitrogens with one attached hydrogen (secondary N) is 2. The molecular weight excluding hydrogens is 480 g/mol. The Morgan fingerprint density at radius 1 is 1.11 bits per heavy atom. The molecule has 0 aliphatic rings. The number of nitrogens with zero attached hydrogens (tertiary/aromatic N) is 6. The van der Waals surface area contributed by atoms with Gasteiger partial charge in [0.15, 0.2) is 5.82 Å². The van der Waals surface area contributed by atoms with Gasteiger partial charge < -0.3 is 15.0 Å². The van der Waals surface area contributed by atoms with Crippen LogP contribution in [0.1, 0.15) is 24.5 Å². The van der Waals surface area contributed by atoms with E-state index in [0.29, 0.717) is 31.1 Å². The normalized spacial score (nSPS) is 11.4. The number of hydrogen-bond donors (Lipinski definition) is 2. The van der Waals surface area contributed by atoms with Crippen molar-refractivity contribution in [3.05, 3.63) is 78.4 Å².